The molecule has 0 aromatic rings. The fraction of sp³-hybridized carbons (Fsp3) is 0.986. The first-order valence-electron chi connectivity index (χ1n) is 37.2. The summed E-state index contributed by atoms with van der Waals surface area (Å²) in [5.74, 6) is -0.132. The van der Waals surface area contributed by atoms with Crippen molar-refractivity contribution in [3.8, 4) is 0 Å². The largest absolute Gasteiger partial charge is 0.394 e. The van der Waals surface area contributed by atoms with Crippen LogP contribution in [0.3, 0.4) is 0 Å². The van der Waals surface area contributed by atoms with Crippen molar-refractivity contribution in [2.45, 2.75) is 448 Å². The normalized spacial score (nSPS) is 18.2. The van der Waals surface area contributed by atoms with E-state index in [4.69, 9.17) is 9.47 Å². The third kappa shape index (κ3) is 51.3. The van der Waals surface area contributed by atoms with Crippen LogP contribution in [0.25, 0.3) is 0 Å². The summed E-state index contributed by atoms with van der Waals surface area (Å²) in [5.41, 5.74) is 0. The number of rotatable bonds is 67. The second kappa shape index (κ2) is 63.2. The third-order valence-corrected chi connectivity index (χ3v) is 18.5. The molecule has 7 atom stereocenters. The molecule has 1 heterocycles. The lowest BCUT2D eigenvalue weighted by molar-refractivity contribution is -0.302. The molecule has 0 radical (unpaired) electrons. The lowest BCUT2D eigenvalue weighted by Gasteiger charge is -2.40. The van der Waals surface area contributed by atoms with Crippen LogP contribution in [0.4, 0.5) is 0 Å². The SMILES string of the molecule is CCCCCCCCCCCCCCCCCCCCCCCCCCCCCCCCCCCC(O)C(COC1OC(CO)C(O)C(O)C1O)NC(=O)CCCCCCCCCCCCCCCCCCCCCCCCCCCC. The number of ether oxygens (including phenoxy) is 2. The Morgan fingerprint density at radius 1 is 0.366 bits per heavy atom. The summed E-state index contributed by atoms with van der Waals surface area (Å²) < 4.78 is 11.4. The summed E-state index contributed by atoms with van der Waals surface area (Å²) in [6.07, 6.45) is 73.4. The van der Waals surface area contributed by atoms with Crippen LogP contribution in [-0.4, -0.2) is 87.5 Å². The van der Waals surface area contributed by atoms with Crippen molar-refractivity contribution < 1.29 is 39.8 Å². The molecule has 9 heteroatoms. The van der Waals surface area contributed by atoms with Gasteiger partial charge in [0.2, 0.25) is 5.91 Å². The molecule has 1 fully saturated rings. The van der Waals surface area contributed by atoms with Crippen LogP contribution in [0.15, 0.2) is 0 Å². The van der Waals surface area contributed by atoms with Gasteiger partial charge in [-0.1, -0.05) is 386 Å². The van der Waals surface area contributed by atoms with E-state index in [0.717, 1.165) is 38.5 Å². The molecule has 1 aliphatic heterocycles. The van der Waals surface area contributed by atoms with Crippen molar-refractivity contribution in [2.24, 2.45) is 0 Å². The lowest BCUT2D eigenvalue weighted by atomic mass is 9.99. The molecule has 1 amide bonds. The summed E-state index contributed by atoms with van der Waals surface area (Å²) in [6, 6.07) is -0.716. The van der Waals surface area contributed by atoms with Crippen LogP contribution in [0.1, 0.15) is 406 Å². The lowest BCUT2D eigenvalue weighted by Crippen LogP contribution is -2.60. The van der Waals surface area contributed by atoms with Gasteiger partial charge in [0.1, 0.15) is 24.4 Å². The first-order valence-corrected chi connectivity index (χ1v) is 37.2. The Labute approximate surface area is 510 Å². The third-order valence-electron chi connectivity index (χ3n) is 18.5. The predicted molar refractivity (Wildman–Crippen MR) is 351 cm³/mol. The molecule has 490 valence electrons. The minimum Gasteiger partial charge on any atom is -0.394 e. The van der Waals surface area contributed by atoms with Crippen molar-refractivity contribution in [3.63, 3.8) is 0 Å². The molecular weight excluding hydrogens is 1020 g/mol. The number of aliphatic hydroxyl groups is 5. The highest BCUT2D eigenvalue weighted by Crippen LogP contribution is 2.24. The van der Waals surface area contributed by atoms with Gasteiger partial charge in [-0.15, -0.1) is 0 Å². The average molecular weight is 1160 g/mol. The second-order valence-electron chi connectivity index (χ2n) is 26.5. The maximum atomic E-state index is 13.2. The first kappa shape index (κ1) is 79.2. The molecule has 7 unspecified atom stereocenters. The minimum absolute atomic E-state index is 0.130. The molecule has 1 saturated heterocycles. The van der Waals surface area contributed by atoms with Crippen molar-refractivity contribution in [2.75, 3.05) is 13.2 Å². The van der Waals surface area contributed by atoms with Crippen LogP contribution in [0.2, 0.25) is 0 Å². The van der Waals surface area contributed by atoms with E-state index in [1.165, 1.54) is 340 Å². The molecule has 0 bridgehead atoms. The standard InChI is InChI=1S/C73H145NO8/c1-3-5-7-9-11-13-15-17-19-21-23-25-27-29-31-32-33-34-35-36-37-38-40-42-44-46-48-50-52-54-56-58-60-62-67(76)66(65-81-73-72(80)71(79)70(78)68(64-75)82-73)74-69(77)63-61-59-57-55-53-51-49-47-45-43-41-39-30-28-26-24-22-20-18-16-14-12-10-8-6-4-2/h66-68,70-73,75-76,78-80H,3-65H2,1-2H3,(H,74,77). The number of carbonyl (C=O) groups is 1. The van der Waals surface area contributed by atoms with Crippen molar-refractivity contribution in [1.82, 2.24) is 5.32 Å². The highest BCUT2D eigenvalue weighted by molar-refractivity contribution is 5.76. The number of aliphatic hydroxyl groups excluding tert-OH is 5. The van der Waals surface area contributed by atoms with Crippen LogP contribution >= 0.6 is 0 Å². The highest BCUT2D eigenvalue weighted by atomic mass is 16.7. The Kier molecular flexibility index (Phi) is 61.1. The summed E-state index contributed by atoms with van der Waals surface area (Å²) in [7, 11) is 0. The second-order valence-corrected chi connectivity index (χ2v) is 26.5. The van der Waals surface area contributed by atoms with Crippen LogP contribution in [-0.2, 0) is 14.3 Å². The zero-order valence-electron chi connectivity index (χ0n) is 55.0. The van der Waals surface area contributed by atoms with E-state index in [2.05, 4.69) is 19.2 Å². The molecule has 0 aromatic heterocycles. The number of unbranched alkanes of at least 4 members (excludes halogenated alkanes) is 57. The van der Waals surface area contributed by atoms with Gasteiger partial charge in [0.05, 0.1) is 25.4 Å². The van der Waals surface area contributed by atoms with Gasteiger partial charge < -0.3 is 40.3 Å². The quantitative estimate of drug-likeness (QED) is 0.0330. The molecule has 1 aliphatic rings. The first-order chi connectivity index (χ1) is 40.3. The molecule has 0 saturated carbocycles. The van der Waals surface area contributed by atoms with Crippen molar-refractivity contribution >= 4 is 5.91 Å². The zero-order valence-corrected chi connectivity index (χ0v) is 55.0. The van der Waals surface area contributed by atoms with Gasteiger partial charge in [-0.3, -0.25) is 4.79 Å². The number of carbonyl (C=O) groups excluding carboxylic acids is 1. The predicted octanol–water partition coefficient (Wildman–Crippen LogP) is 20.5. The van der Waals surface area contributed by atoms with E-state index >= 15 is 0 Å². The molecule has 0 aliphatic carbocycles. The smallest absolute Gasteiger partial charge is 0.220 e. The Morgan fingerprint density at radius 3 is 0.866 bits per heavy atom. The molecule has 1 rings (SSSR count). The van der Waals surface area contributed by atoms with E-state index in [9.17, 15) is 30.3 Å². The van der Waals surface area contributed by atoms with Crippen LogP contribution in [0, 0.1) is 0 Å². The topological polar surface area (TPSA) is 149 Å². The van der Waals surface area contributed by atoms with Gasteiger partial charge in [0.15, 0.2) is 6.29 Å². The number of hydrogen-bond acceptors (Lipinski definition) is 8. The van der Waals surface area contributed by atoms with Crippen molar-refractivity contribution in [3.05, 3.63) is 0 Å². The monoisotopic (exact) mass is 1160 g/mol. The fourth-order valence-electron chi connectivity index (χ4n) is 12.6. The summed E-state index contributed by atoms with van der Waals surface area (Å²) in [4.78, 5) is 13.2. The zero-order chi connectivity index (χ0) is 59.3. The maximum Gasteiger partial charge on any atom is 0.220 e. The van der Waals surface area contributed by atoms with Gasteiger partial charge in [-0.2, -0.15) is 0 Å². The van der Waals surface area contributed by atoms with Crippen molar-refractivity contribution in [1.29, 1.82) is 0 Å². The number of amides is 1. The molecular formula is C73H145NO8. The van der Waals surface area contributed by atoms with E-state index in [-0.39, 0.29) is 12.5 Å². The summed E-state index contributed by atoms with van der Waals surface area (Å²) >= 11 is 0. The minimum atomic E-state index is -1.55. The highest BCUT2D eigenvalue weighted by Gasteiger charge is 2.44. The van der Waals surface area contributed by atoms with E-state index < -0.39 is 49.5 Å². The molecule has 6 N–H and O–H groups in total. The number of nitrogens with one attached hydrogen (secondary N) is 1. The summed E-state index contributed by atoms with van der Waals surface area (Å²) in [6.45, 7) is 3.92. The molecule has 9 nitrogen and oxygen atoms in total. The number of hydrogen-bond donors (Lipinski definition) is 6. The van der Waals surface area contributed by atoms with Gasteiger partial charge in [-0.25, -0.2) is 0 Å². The molecule has 82 heavy (non-hydrogen) atoms. The van der Waals surface area contributed by atoms with Crippen LogP contribution in [0.5, 0.6) is 0 Å². The Balaban J connectivity index is 2.07. The van der Waals surface area contributed by atoms with Crippen LogP contribution < -0.4 is 5.32 Å². The van der Waals surface area contributed by atoms with Gasteiger partial charge in [0, 0.05) is 6.42 Å². The summed E-state index contributed by atoms with van der Waals surface area (Å²) in [5, 5.41) is 55.0. The maximum absolute atomic E-state index is 13.2. The Bertz CT molecular complexity index is 1260. The van der Waals surface area contributed by atoms with Gasteiger partial charge >= 0.3 is 0 Å². The Hall–Kier alpha value is -0.810. The van der Waals surface area contributed by atoms with Gasteiger partial charge in [-0.05, 0) is 12.8 Å². The fourth-order valence-corrected chi connectivity index (χ4v) is 12.6. The Morgan fingerprint density at radius 2 is 0.610 bits per heavy atom. The molecule has 0 aromatic carbocycles. The van der Waals surface area contributed by atoms with E-state index in [0.29, 0.717) is 12.8 Å². The van der Waals surface area contributed by atoms with E-state index in [1.807, 2.05) is 0 Å². The average Bonchev–Trinajstić information content (AvgIpc) is 3.57. The molecule has 0 spiro atoms. The van der Waals surface area contributed by atoms with E-state index in [1.54, 1.807) is 0 Å². The van der Waals surface area contributed by atoms with Gasteiger partial charge in [0.25, 0.3) is 0 Å².